The van der Waals surface area contributed by atoms with Crippen LogP contribution in [0.2, 0.25) is 5.02 Å². The largest absolute Gasteiger partial charge is 0.349 e. The van der Waals surface area contributed by atoms with Crippen LogP contribution in [-0.4, -0.2) is 79.4 Å². The van der Waals surface area contributed by atoms with E-state index in [0.29, 0.717) is 44.2 Å². The van der Waals surface area contributed by atoms with Crippen LogP contribution in [0, 0.1) is 0 Å². The van der Waals surface area contributed by atoms with E-state index in [9.17, 15) is 14.4 Å². The molecular formula is C18H25ClN4O3. The standard InChI is InChI=1S/C18H25ClN4O3/c1-21(2)16(24)7-8-20-18(26)23-11-9-22(10-12-23)17(25)13-14-3-5-15(19)6-4-14/h3-6H,7-13H2,1-2H3,(H,20,26). The Morgan fingerprint density at radius 3 is 2.19 bits per heavy atom. The van der Waals surface area contributed by atoms with Gasteiger partial charge in [-0.05, 0) is 17.7 Å². The van der Waals surface area contributed by atoms with Gasteiger partial charge in [0.15, 0.2) is 0 Å². The minimum Gasteiger partial charge on any atom is -0.349 e. The summed E-state index contributed by atoms with van der Waals surface area (Å²) in [5.74, 6) is 0.0203. The number of amides is 4. The number of hydrogen-bond donors (Lipinski definition) is 1. The molecule has 1 fully saturated rings. The highest BCUT2D eigenvalue weighted by molar-refractivity contribution is 6.30. The van der Waals surface area contributed by atoms with Crippen molar-refractivity contribution in [3.05, 3.63) is 34.9 Å². The van der Waals surface area contributed by atoms with E-state index in [-0.39, 0.29) is 24.3 Å². The minimum absolute atomic E-state index is 0.0251. The molecule has 1 N–H and O–H groups in total. The van der Waals surface area contributed by atoms with Crippen molar-refractivity contribution in [2.75, 3.05) is 46.8 Å². The molecule has 0 saturated carbocycles. The quantitative estimate of drug-likeness (QED) is 0.834. The van der Waals surface area contributed by atoms with Gasteiger partial charge in [0.1, 0.15) is 0 Å². The normalized spacial score (nSPS) is 14.1. The summed E-state index contributed by atoms with van der Waals surface area (Å²) < 4.78 is 0. The molecule has 0 bridgehead atoms. The molecule has 1 saturated heterocycles. The summed E-state index contributed by atoms with van der Waals surface area (Å²) in [4.78, 5) is 40.9. The second-order valence-electron chi connectivity index (χ2n) is 6.44. The van der Waals surface area contributed by atoms with Crippen molar-refractivity contribution < 1.29 is 14.4 Å². The number of nitrogens with zero attached hydrogens (tertiary/aromatic N) is 3. The second kappa shape index (κ2) is 9.43. The molecule has 4 amide bonds. The number of halogens is 1. The average Bonchev–Trinajstić information content (AvgIpc) is 2.63. The lowest BCUT2D eigenvalue weighted by Gasteiger charge is -2.34. The SMILES string of the molecule is CN(C)C(=O)CCNC(=O)N1CCN(C(=O)Cc2ccc(Cl)cc2)CC1. The zero-order chi connectivity index (χ0) is 19.1. The van der Waals surface area contributed by atoms with E-state index in [0.717, 1.165) is 5.56 Å². The molecule has 0 atom stereocenters. The third kappa shape index (κ3) is 5.91. The van der Waals surface area contributed by atoms with Crippen molar-refractivity contribution in [1.29, 1.82) is 0 Å². The van der Waals surface area contributed by atoms with Crippen LogP contribution in [0.4, 0.5) is 4.79 Å². The number of rotatable bonds is 5. The number of carbonyl (C=O) groups excluding carboxylic acids is 3. The molecule has 1 heterocycles. The van der Waals surface area contributed by atoms with Crippen LogP contribution in [0.15, 0.2) is 24.3 Å². The highest BCUT2D eigenvalue weighted by Crippen LogP contribution is 2.12. The number of nitrogens with one attached hydrogen (secondary N) is 1. The zero-order valence-corrected chi connectivity index (χ0v) is 16.0. The van der Waals surface area contributed by atoms with Gasteiger partial charge in [-0.2, -0.15) is 0 Å². The summed E-state index contributed by atoms with van der Waals surface area (Å²) in [7, 11) is 3.37. The number of piperazine rings is 1. The minimum atomic E-state index is -0.193. The van der Waals surface area contributed by atoms with Crippen molar-refractivity contribution in [3.8, 4) is 0 Å². The van der Waals surface area contributed by atoms with Gasteiger partial charge in [-0.15, -0.1) is 0 Å². The van der Waals surface area contributed by atoms with Crippen molar-refractivity contribution in [2.45, 2.75) is 12.8 Å². The van der Waals surface area contributed by atoms with Gasteiger partial charge in [-0.3, -0.25) is 9.59 Å². The monoisotopic (exact) mass is 380 g/mol. The summed E-state index contributed by atoms with van der Waals surface area (Å²) in [6.07, 6.45) is 0.605. The third-order valence-corrected chi connectivity index (χ3v) is 4.55. The first kappa shape index (κ1) is 20.0. The fraction of sp³-hybridized carbons (Fsp3) is 0.500. The molecule has 1 aliphatic rings. The summed E-state index contributed by atoms with van der Waals surface area (Å²) in [5, 5.41) is 3.40. The van der Waals surface area contributed by atoms with Crippen LogP contribution in [0.1, 0.15) is 12.0 Å². The van der Waals surface area contributed by atoms with Crippen LogP contribution in [0.3, 0.4) is 0 Å². The van der Waals surface area contributed by atoms with Crippen LogP contribution in [0.25, 0.3) is 0 Å². The topological polar surface area (TPSA) is 73.0 Å². The Morgan fingerprint density at radius 2 is 1.62 bits per heavy atom. The highest BCUT2D eigenvalue weighted by atomic mass is 35.5. The lowest BCUT2D eigenvalue weighted by molar-refractivity contribution is -0.132. The number of carbonyl (C=O) groups is 3. The first-order valence-corrected chi connectivity index (χ1v) is 9.00. The van der Waals surface area contributed by atoms with E-state index in [1.807, 2.05) is 12.1 Å². The molecule has 0 radical (unpaired) electrons. The van der Waals surface area contributed by atoms with Crippen molar-refractivity contribution >= 4 is 29.4 Å². The Balaban J connectivity index is 1.72. The van der Waals surface area contributed by atoms with Crippen molar-refractivity contribution in [1.82, 2.24) is 20.0 Å². The summed E-state index contributed by atoms with van der Waals surface area (Å²) in [6.45, 7) is 2.30. The Kier molecular flexibility index (Phi) is 7.26. The van der Waals surface area contributed by atoms with E-state index in [1.165, 1.54) is 4.90 Å². The van der Waals surface area contributed by atoms with Crippen LogP contribution >= 0.6 is 11.6 Å². The molecule has 0 aliphatic carbocycles. The number of benzene rings is 1. The molecule has 1 aromatic carbocycles. The average molecular weight is 381 g/mol. The summed E-state index contributed by atoms with van der Waals surface area (Å²) in [5.41, 5.74) is 0.921. The molecule has 142 valence electrons. The first-order valence-electron chi connectivity index (χ1n) is 8.62. The molecule has 7 nitrogen and oxygen atoms in total. The third-order valence-electron chi connectivity index (χ3n) is 4.30. The van der Waals surface area contributed by atoms with Crippen molar-refractivity contribution in [2.24, 2.45) is 0 Å². The van der Waals surface area contributed by atoms with E-state index in [1.54, 1.807) is 36.0 Å². The smallest absolute Gasteiger partial charge is 0.317 e. The summed E-state index contributed by atoms with van der Waals surface area (Å²) >= 11 is 5.85. The highest BCUT2D eigenvalue weighted by Gasteiger charge is 2.24. The predicted octanol–water partition coefficient (Wildman–Crippen LogP) is 1.21. The molecule has 0 unspecified atom stereocenters. The van der Waals surface area contributed by atoms with Gasteiger partial charge >= 0.3 is 6.03 Å². The van der Waals surface area contributed by atoms with Gasteiger partial charge in [0.05, 0.1) is 6.42 Å². The van der Waals surface area contributed by atoms with E-state index in [2.05, 4.69) is 5.32 Å². The van der Waals surface area contributed by atoms with Gasteiger partial charge in [-0.25, -0.2) is 4.79 Å². The van der Waals surface area contributed by atoms with Gasteiger partial charge in [-0.1, -0.05) is 23.7 Å². The van der Waals surface area contributed by atoms with Crippen LogP contribution in [-0.2, 0) is 16.0 Å². The van der Waals surface area contributed by atoms with Crippen molar-refractivity contribution in [3.63, 3.8) is 0 Å². The maximum Gasteiger partial charge on any atom is 0.317 e. The molecule has 8 heteroatoms. The van der Waals surface area contributed by atoms with E-state index in [4.69, 9.17) is 11.6 Å². The first-order chi connectivity index (χ1) is 12.4. The van der Waals surface area contributed by atoms with Crippen LogP contribution < -0.4 is 5.32 Å². The van der Waals surface area contributed by atoms with Crippen LogP contribution in [0.5, 0.6) is 0 Å². The molecule has 2 rings (SSSR count). The Hall–Kier alpha value is -2.28. The van der Waals surface area contributed by atoms with Gasteiger partial charge in [0.2, 0.25) is 11.8 Å². The Morgan fingerprint density at radius 1 is 1.04 bits per heavy atom. The molecule has 1 aliphatic heterocycles. The molecule has 1 aromatic rings. The predicted molar refractivity (Wildman–Crippen MR) is 100 cm³/mol. The molecular weight excluding hydrogens is 356 g/mol. The summed E-state index contributed by atoms with van der Waals surface area (Å²) in [6, 6.07) is 7.04. The maximum atomic E-state index is 12.4. The fourth-order valence-electron chi connectivity index (χ4n) is 2.66. The number of hydrogen-bond acceptors (Lipinski definition) is 3. The van der Waals surface area contributed by atoms with E-state index < -0.39 is 0 Å². The second-order valence-corrected chi connectivity index (χ2v) is 6.88. The Labute approximate surface area is 158 Å². The fourth-order valence-corrected chi connectivity index (χ4v) is 2.79. The van der Waals surface area contributed by atoms with Gasteiger partial charge < -0.3 is 20.0 Å². The van der Waals surface area contributed by atoms with Gasteiger partial charge in [0.25, 0.3) is 0 Å². The molecule has 26 heavy (non-hydrogen) atoms. The van der Waals surface area contributed by atoms with E-state index >= 15 is 0 Å². The molecule has 0 spiro atoms. The number of urea groups is 1. The molecule has 0 aromatic heterocycles. The lowest BCUT2D eigenvalue weighted by Crippen LogP contribution is -2.53. The Bertz CT molecular complexity index is 640. The van der Waals surface area contributed by atoms with Gasteiger partial charge in [0, 0.05) is 58.3 Å². The zero-order valence-electron chi connectivity index (χ0n) is 15.2. The lowest BCUT2D eigenvalue weighted by atomic mass is 10.1. The maximum absolute atomic E-state index is 12.4.